The van der Waals surface area contributed by atoms with Crippen LogP contribution in [0.3, 0.4) is 0 Å². The maximum absolute atomic E-state index is 13.5. The van der Waals surface area contributed by atoms with Crippen LogP contribution in [0.15, 0.2) is 18.2 Å². The van der Waals surface area contributed by atoms with Crippen molar-refractivity contribution in [2.24, 2.45) is 0 Å². The van der Waals surface area contributed by atoms with Crippen LogP contribution in [0.1, 0.15) is 36.0 Å². The number of carbonyl (C=O) groups is 1. The second-order valence-electron chi connectivity index (χ2n) is 4.64. The average molecular weight is 254 g/mol. The second-order valence-corrected chi connectivity index (χ2v) is 4.64. The zero-order chi connectivity index (χ0) is 13.2. The lowest BCUT2D eigenvalue weighted by Gasteiger charge is -2.22. The van der Waals surface area contributed by atoms with E-state index in [9.17, 15) is 14.3 Å². The van der Waals surface area contributed by atoms with Crippen LogP contribution in [0.25, 0.3) is 0 Å². The molecule has 1 fully saturated rings. The third-order valence-electron chi connectivity index (χ3n) is 3.22. The summed E-state index contributed by atoms with van der Waals surface area (Å²) in [7, 11) is 0. The Kier molecular flexibility index (Phi) is 3.52. The van der Waals surface area contributed by atoms with Gasteiger partial charge in [0.05, 0.1) is 5.60 Å². The molecule has 0 amide bonds. The van der Waals surface area contributed by atoms with Gasteiger partial charge in [-0.15, -0.1) is 0 Å². The molecule has 0 spiro atoms. The maximum atomic E-state index is 13.5. The van der Waals surface area contributed by atoms with E-state index >= 15 is 0 Å². The minimum absolute atomic E-state index is 0.0752. The summed E-state index contributed by atoms with van der Waals surface area (Å²) in [5.74, 6) is -2.27. The Morgan fingerprint density at radius 1 is 1.39 bits per heavy atom. The first-order chi connectivity index (χ1) is 8.52. The van der Waals surface area contributed by atoms with Crippen molar-refractivity contribution < 1.29 is 24.1 Å². The number of aliphatic hydroxyl groups is 1. The van der Waals surface area contributed by atoms with Crippen molar-refractivity contribution in [2.75, 3.05) is 6.61 Å². The number of carboxylic acid groups (broad SMARTS) is 1. The van der Waals surface area contributed by atoms with Gasteiger partial charge in [0.25, 0.3) is 0 Å². The standard InChI is InChI=1S/C13H15FO4/c14-10-5-3-4-9(12(15)16)11(10)18-8-13(17)6-1-2-7-13/h3-5,17H,1-2,6-8H2,(H,15,16). The third kappa shape index (κ3) is 2.61. The van der Waals surface area contributed by atoms with E-state index in [1.165, 1.54) is 12.1 Å². The molecular weight excluding hydrogens is 239 g/mol. The van der Waals surface area contributed by atoms with Gasteiger partial charge in [-0.3, -0.25) is 0 Å². The fourth-order valence-electron chi connectivity index (χ4n) is 2.21. The third-order valence-corrected chi connectivity index (χ3v) is 3.22. The zero-order valence-corrected chi connectivity index (χ0v) is 9.86. The minimum Gasteiger partial charge on any atom is -0.487 e. The Balaban J connectivity index is 2.15. The predicted molar refractivity (Wildman–Crippen MR) is 62.3 cm³/mol. The summed E-state index contributed by atoms with van der Waals surface area (Å²) < 4.78 is 18.7. The summed E-state index contributed by atoms with van der Waals surface area (Å²) in [6, 6.07) is 3.73. The lowest BCUT2D eigenvalue weighted by atomic mass is 10.0. The highest BCUT2D eigenvalue weighted by Gasteiger charge is 2.32. The maximum Gasteiger partial charge on any atom is 0.339 e. The molecule has 1 saturated carbocycles. The molecule has 0 unspecified atom stereocenters. The number of aromatic carboxylic acids is 1. The molecular formula is C13H15FO4. The van der Waals surface area contributed by atoms with Gasteiger partial charge in [0.15, 0.2) is 11.6 Å². The summed E-state index contributed by atoms with van der Waals surface area (Å²) >= 11 is 0. The van der Waals surface area contributed by atoms with E-state index in [1.54, 1.807) is 0 Å². The number of carboxylic acids is 1. The van der Waals surface area contributed by atoms with Crippen LogP contribution < -0.4 is 4.74 Å². The van der Waals surface area contributed by atoms with Crippen molar-refractivity contribution in [1.82, 2.24) is 0 Å². The van der Waals surface area contributed by atoms with Crippen molar-refractivity contribution in [1.29, 1.82) is 0 Å². The number of ether oxygens (including phenoxy) is 1. The molecule has 0 bridgehead atoms. The summed E-state index contributed by atoms with van der Waals surface area (Å²) in [6.07, 6.45) is 3.01. The van der Waals surface area contributed by atoms with Gasteiger partial charge in [0, 0.05) is 0 Å². The number of hydrogen-bond acceptors (Lipinski definition) is 3. The number of para-hydroxylation sites is 1. The molecule has 4 nitrogen and oxygen atoms in total. The van der Waals surface area contributed by atoms with Gasteiger partial charge in [-0.2, -0.15) is 0 Å². The molecule has 1 aliphatic carbocycles. The quantitative estimate of drug-likeness (QED) is 0.864. The fraction of sp³-hybridized carbons (Fsp3) is 0.462. The number of halogens is 1. The summed E-state index contributed by atoms with van der Waals surface area (Å²) in [6.45, 7) is -0.0752. The Hall–Kier alpha value is -1.62. The first kappa shape index (κ1) is 12.8. The van der Waals surface area contributed by atoms with Crippen LogP contribution in [-0.2, 0) is 0 Å². The molecule has 98 valence electrons. The lowest BCUT2D eigenvalue weighted by Crippen LogP contribution is -2.32. The molecule has 0 heterocycles. The highest BCUT2D eigenvalue weighted by molar-refractivity contribution is 5.90. The van der Waals surface area contributed by atoms with E-state index in [1.807, 2.05) is 0 Å². The van der Waals surface area contributed by atoms with Crippen LogP contribution in [0, 0.1) is 5.82 Å². The molecule has 1 aromatic rings. The largest absolute Gasteiger partial charge is 0.487 e. The van der Waals surface area contributed by atoms with Crippen molar-refractivity contribution in [3.8, 4) is 5.75 Å². The van der Waals surface area contributed by atoms with Crippen LogP contribution in [0.4, 0.5) is 4.39 Å². The van der Waals surface area contributed by atoms with E-state index in [0.29, 0.717) is 12.8 Å². The second kappa shape index (κ2) is 4.94. The predicted octanol–water partition coefficient (Wildman–Crippen LogP) is 2.21. The molecule has 5 heteroatoms. The van der Waals surface area contributed by atoms with Crippen molar-refractivity contribution in [3.63, 3.8) is 0 Å². The molecule has 0 saturated heterocycles. The monoisotopic (exact) mass is 254 g/mol. The van der Waals surface area contributed by atoms with Gasteiger partial charge < -0.3 is 14.9 Å². The summed E-state index contributed by atoms with van der Waals surface area (Å²) in [4.78, 5) is 10.9. The van der Waals surface area contributed by atoms with Gasteiger partial charge in [-0.05, 0) is 25.0 Å². The van der Waals surface area contributed by atoms with Crippen LogP contribution >= 0.6 is 0 Å². The number of hydrogen-bond donors (Lipinski definition) is 2. The van der Waals surface area contributed by atoms with Crippen LogP contribution in [-0.4, -0.2) is 28.4 Å². The summed E-state index contributed by atoms with van der Waals surface area (Å²) in [5.41, 5.74) is -1.19. The highest BCUT2D eigenvalue weighted by Crippen LogP contribution is 2.31. The molecule has 2 rings (SSSR count). The van der Waals surface area contributed by atoms with Gasteiger partial charge in [-0.25, -0.2) is 9.18 Å². The lowest BCUT2D eigenvalue weighted by molar-refractivity contribution is -0.000205. The van der Waals surface area contributed by atoms with Crippen LogP contribution in [0.5, 0.6) is 5.75 Å². The van der Waals surface area contributed by atoms with Gasteiger partial charge >= 0.3 is 5.97 Å². The molecule has 0 aliphatic heterocycles. The van der Waals surface area contributed by atoms with Gasteiger partial charge in [0.2, 0.25) is 0 Å². The van der Waals surface area contributed by atoms with Crippen molar-refractivity contribution in [2.45, 2.75) is 31.3 Å². The molecule has 0 aromatic heterocycles. The van der Waals surface area contributed by atoms with E-state index in [0.717, 1.165) is 18.9 Å². The van der Waals surface area contributed by atoms with E-state index < -0.39 is 17.4 Å². The molecule has 2 N–H and O–H groups in total. The Labute approximate surface area is 104 Å². The Bertz CT molecular complexity index is 452. The minimum atomic E-state index is -1.25. The molecule has 1 aromatic carbocycles. The van der Waals surface area contributed by atoms with E-state index in [4.69, 9.17) is 9.84 Å². The topological polar surface area (TPSA) is 66.8 Å². The van der Waals surface area contributed by atoms with Crippen LogP contribution in [0.2, 0.25) is 0 Å². The molecule has 0 radical (unpaired) electrons. The van der Waals surface area contributed by atoms with E-state index in [-0.39, 0.29) is 17.9 Å². The first-order valence-corrected chi connectivity index (χ1v) is 5.89. The zero-order valence-electron chi connectivity index (χ0n) is 9.86. The highest BCUT2D eigenvalue weighted by atomic mass is 19.1. The van der Waals surface area contributed by atoms with Gasteiger partial charge in [0.1, 0.15) is 12.2 Å². The van der Waals surface area contributed by atoms with Crippen molar-refractivity contribution >= 4 is 5.97 Å². The summed E-state index contributed by atoms with van der Waals surface area (Å²) in [5, 5.41) is 19.0. The number of rotatable bonds is 4. The Morgan fingerprint density at radius 3 is 2.67 bits per heavy atom. The SMILES string of the molecule is O=C(O)c1cccc(F)c1OCC1(O)CCCC1. The first-order valence-electron chi connectivity index (χ1n) is 5.89. The fourth-order valence-corrected chi connectivity index (χ4v) is 2.21. The molecule has 1 aliphatic rings. The van der Waals surface area contributed by atoms with Gasteiger partial charge in [-0.1, -0.05) is 18.9 Å². The number of benzene rings is 1. The van der Waals surface area contributed by atoms with E-state index in [2.05, 4.69) is 0 Å². The Morgan fingerprint density at radius 2 is 2.06 bits per heavy atom. The average Bonchev–Trinajstić information content (AvgIpc) is 2.74. The normalized spacial score (nSPS) is 17.7. The molecule has 18 heavy (non-hydrogen) atoms. The smallest absolute Gasteiger partial charge is 0.339 e. The van der Waals surface area contributed by atoms with Crippen molar-refractivity contribution in [3.05, 3.63) is 29.6 Å². The molecule has 0 atom stereocenters.